The van der Waals surface area contributed by atoms with Crippen LogP contribution in [0.1, 0.15) is 10.6 Å². The molecule has 1 aliphatic rings. The fourth-order valence-corrected chi connectivity index (χ4v) is 4.38. The SMILES string of the molecule is O=C(/C=C/c1ccccc1[N+](=O)[O-])N1CCN(Cc2nc3ccccc3s2)CC1. The number of nitro benzene ring substituents is 1. The van der Waals surface area contributed by atoms with E-state index >= 15 is 0 Å². The first-order valence-corrected chi connectivity index (χ1v) is 10.2. The lowest BCUT2D eigenvalue weighted by Crippen LogP contribution is -2.47. The van der Waals surface area contributed by atoms with Gasteiger partial charge in [-0.1, -0.05) is 24.3 Å². The first-order chi connectivity index (χ1) is 14.1. The molecule has 2 heterocycles. The van der Waals surface area contributed by atoms with Gasteiger partial charge in [0, 0.05) is 38.3 Å². The van der Waals surface area contributed by atoms with Crippen LogP contribution in [0.5, 0.6) is 0 Å². The molecule has 7 nitrogen and oxygen atoms in total. The second-order valence-corrected chi connectivity index (χ2v) is 7.94. The predicted octanol–water partition coefficient (Wildman–Crippen LogP) is 3.56. The lowest BCUT2D eigenvalue weighted by molar-refractivity contribution is -0.385. The van der Waals surface area contributed by atoms with Gasteiger partial charge < -0.3 is 4.90 Å². The van der Waals surface area contributed by atoms with Crippen molar-refractivity contribution in [3.8, 4) is 0 Å². The highest BCUT2D eigenvalue weighted by Crippen LogP contribution is 2.23. The van der Waals surface area contributed by atoms with E-state index in [-0.39, 0.29) is 11.6 Å². The molecule has 0 N–H and O–H groups in total. The summed E-state index contributed by atoms with van der Waals surface area (Å²) in [6, 6.07) is 14.5. The topological polar surface area (TPSA) is 79.6 Å². The molecule has 0 atom stereocenters. The van der Waals surface area contributed by atoms with Gasteiger partial charge in [-0.05, 0) is 24.3 Å². The van der Waals surface area contributed by atoms with Gasteiger partial charge in [0.15, 0.2) is 0 Å². The maximum Gasteiger partial charge on any atom is 0.276 e. The second kappa shape index (κ2) is 8.50. The zero-order valence-electron chi connectivity index (χ0n) is 15.7. The zero-order chi connectivity index (χ0) is 20.2. The first kappa shape index (κ1) is 19.2. The number of nitrogens with zero attached hydrogens (tertiary/aromatic N) is 4. The molecule has 0 radical (unpaired) electrons. The van der Waals surface area contributed by atoms with Crippen molar-refractivity contribution in [1.29, 1.82) is 0 Å². The molecule has 148 valence electrons. The highest BCUT2D eigenvalue weighted by Gasteiger charge is 2.21. The highest BCUT2D eigenvalue weighted by molar-refractivity contribution is 7.18. The third kappa shape index (κ3) is 4.49. The Labute approximate surface area is 172 Å². The summed E-state index contributed by atoms with van der Waals surface area (Å²) >= 11 is 1.71. The fourth-order valence-electron chi connectivity index (χ4n) is 3.37. The number of rotatable bonds is 5. The van der Waals surface area contributed by atoms with Crippen molar-refractivity contribution in [3.05, 3.63) is 75.3 Å². The number of hydrogen-bond acceptors (Lipinski definition) is 6. The van der Waals surface area contributed by atoms with E-state index in [1.165, 1.54) is 22.9 Å². The van der Waals surface area contributed by atoms with Gasteiger partial charge in [0.05, 0.1) is 27.2 Å². The number of amides is 1. The number of nitro groups is 1. The van der Waals surface area contributed by atoms with Gasteiger partial charge in [0.25, 0.3) is 5.69 Å². The van der Waals surface area contributed by atoms with Gasteiger partial charge in [0.1, 0.15) is 5.01 Å². The van der Waals surface area contributed by atoms with E-state index in [1.807, 2.05) is 18.2 Å². The molecule has 29 heavy (non-hydrogen) atoms. The van der Waals surface area contributed by atoms with Crippen LogP contribution in [0, 0.1) is 10.1 Å². The second-order valence-electron chi connectivity index (χ2n) is 6.83. The largest absolute Gasteiger partial charge is 0.337 e. The Morgan fingerprint density at radius 1 is 1.10 bits per heavy atom. The monoisotopic (exact) mass is 408 g/mol. The van der Waals surface area contributed by atoms with Crippen LogP contribution < -0.4 is 0 Å². The maximum absolute atomic E-state index is 12.5. The van der Waals surface area contributed by atoms with E-state index in [2.05, 4.69) is 16.0 Å². The summed E-state index contributed by atoms with van der Waals surface area (Å²) in [4.78, 5) is 31.9. The quantitative estimate of drug-likeness (QED) is 0.366. The Morgan fingerprint density at radius 3 is 2.59 bits per heavy atom. The van der Waals surface area contributed by atoms with Gasteiger partial charge >= 0.3 is 0 Å². The minimum Gasteiger partial charge on any atom is -0.337 e. The van der Waals surface area contributed by atoms with Crippen molar-refractivity contribution in [2.75, 3.05) is 26.2 Å². The first-order valence-electron chi connectivity index (χ1n) is 9.37. The predicted molar refractivity (Wildman–Crippen MR) is 114 cm³/mol. The summed E-state index contributed by atoms with van der Waals surface area (Å²) < 4.78 is 1.19. The summed E-state index contributed by atoms with van der Waals surface area (Å²) in [6.45, 7) is 3.60. The number of hydrogen-bond donors (Lipinski definition) is 0. The molecule has 1 fully saturated rings. The van der Waals surface area contributed by atoms with E-state index in [4.69, 9.17) is 0 Å². The van der Waals surface area contributed by atoms with Crippen LogP contribution in [-0.2, 0) is 11.3 Å². The Bertz CT molecular complexity index is 1040. The number of aromatic nitrogens is 1. The number of benzene rings is 2. The summed E-state index contributed by atoms with van der Waals surface area (Å²) in [5.41, 5.74) is 1.46. The molecular weight excluding hydrogens is 388 g/mol. The molecule has 0 spiro atoms. The van der Waals surface area contributed by atoms with Gasteiger partial charge in [-0.2, -0.15) is 0 Å². The normalized spacial score (nSPS) is 15.2. The molecule has 4 rings (SSSR count). The number of para-hydroxylation sites is 2. The fraction of sp³-hybridized carbons (Fsp3) is 0.238. The molecule has 3 aromatic rings. The minimum atomic E-state index is -0.440. The third-order valence-electron chi connectivity index (χ3n) is 4.92. The van der Waals surface area contributed by atoms with Crippen molar-refractivity contribution in [1.82, 2.24) is 14.8 Å². The molecule has 8 heteroatoms. The third-order valence-corrected chi connectivity index (χ3v) is 5.94. The van der Waals surface area contributed by atoms with Crippen LogP contribution in [0.15, 0.2) is 54.6 Å². The summed E-state index contributed by atoms with van der Waals surface area (Å²) in [7, 11) is 0. The number of carbonyl (C=O) groups is 1. The Balaban J connectivity index is 1.33. The zero-order valence-corrected chi connectivity index (χ0v) is 16.5. The number of fused-ring (bicyclic) bond motifs is 1. The van der Waals surface area contributed by atoms with Crippen molar-refractivity contribution < 1.29 is 9.72 Å². The highest BCUT2D eigenvalue weighted by atomic mass is 32.1. The van der Waals surface area contributed by atoms with Crippen LogP contribution in [0.2, 0.25) is 0 Å². The molecule has 1 amide bonds. The molecule has 0 bridgehead atoms. The molecule has 1 aromatic heterocycles. The standard InChI is InChI=1S/C21H20N4O3S/c26-21(10-9-16-5-1-3-7-18(16)25(27)28)24-13-11-23(12-14-24)15-20-22-17-6-2-4-8-19(17)29-20/h1-10H,11-15H2/b10-9+. The molecule has 0 saturated carbocycles. The summed E-state index contributed by atoms with van der Waals surface area (Å²) in [5.74, 6) is -0.122. The van der Waals surface area contributed by atoms with E-state index in [1.54, 1.807) is 34.4 Å². The maximum atomic E-state index is 12.5. The van der Waals surface area contributed by atoms with Crippen molar-refractivity contribution in [2.45, 2.75) is 6.54 Å². The van der Waals surface area contributed by atoms with Crippen molar-refractivity contribution >= 4 is 39.2 Å². The molecule has 0 unspecified atom stereocenters. The van der Waals surface area contributed by atoms with Gasteiger partial charge in [-0.15, -0.1) is 11.3 Å². The van der Waals surface area contributed by atoms with Gasteiger partial charge in [0.2, 0.25) is 5.91 Å². The van der Waals surface area contributed by atoms with Crippen molar-refractivity contribution in [2.24, 2.45) is 0 Å². The Kier molecular flexibility index (Phi) is 5.64. The van der Waals surface area contributed by atoms with Crippen LogP contribution >= 0.6 is 11.3 Å². The van der Waals surface area contributed by atoms with Gasteiger partial charge in [-0.3, -0.25) is 19.8 Å². The Hall–Kier alpha value is -3.10. The average molecular weight is 408 g/mol. The Morgan fingerprint density at radius 2 is 1.83 bits per heavy atom. The number of carbonyl (C=O) groups excluding carboxylic acids is 1. The molecule has 2 aromatic carbocycles. The number of piperazine rings is 1. The molecule has 1 saturated heterocycles. The average Bonchev–Trinajstić information content (AvgIpc) is 3.15. The summed E-state index contributed by atoms with van der Waals surface area (Å²) in [5, 5.41) is 12.2. The lowest BCUT2D eigenvalue weighted by Gasteiger charge is -2.33. The van der Waals surface area contributed by atoms with Crippen molar-refractivity contribution in [3.63, 3.8) is 0 Å². The molecular formula is C21H20N4O3S. The van der Waals surface area contributed by atoms with Crippen LogP contribution in [0.3, 0.4) is 0 Å². The van der Waals surface area contributed by atoms with Crippen LogP contribution in [0.25, 0.3) is 16.3 Å². The molecule has 0 aliphatic carbocycles. The van der Waals surface area contributed by atoms with E-state index in [0.717, 1.165) is 30.2 Å². The smallest absolute Gasteiger partial charge is 0.276 e. The van der Waals surface area contributed by atoms with Crippen LogP contribution in [-0.4, -0.2) is 51.8 Å². The summed E-state index contributed by atoms with van der Waals surface area (Å²) in [6.07, 6.45) is 2.94. The lowest BCUT2D eigenvalue weighted by atomic mass is 10.1. The van der Waals surface area contributed by atoms with E-state index in [0.29, 0.717) is 18.7 Å². The van der Waals surface area contributed by atoms with Gasteiger partial charge in [-0.25, -0.2) is 4.98 Å². The minimum absolute atomic E-state index is 0.00259. The van der Waals surface area contributed by atoms with E-state index < -0.39 is 4.92 Å². The number of thiazole rings is 1. The van der Waals surface area contributed by atoms with Crippen LogP contribution in [0.4, 0.5) is 5.69 Å². The molecule has 1 aliphatic heterocycles. The van der Waals surface area contributed by atoms with E-state index in [9.17, 15) is 14.9 Å².